The van der Waals surface area contributed by atoms with Crippen LogP contribution in [0.3, 0.4) is 0 Å². The van der Waals surface area contributed by atoms with Crippen molar-refractivity contribution < 1.29 is 9.59 Å². The van der Waals surface area contributed by atoms with Crippen LogP contribution in [0.15, 0.2) is 36.4 Å². The summed E-state index contributed by atoms with van der Waals surface area (Å²) in [5.41, 5.74) is 8.03. The predicted octanol–water partition coefficient (Wildman–Crippen LogP) is 4.56. The number of rotatable bonds is 5. The van der Waals surface area contributed by atoms with Crippen LogP contribution in [0.25, 0.3) is 11.1 Å². The van der Waals surface area contributed by atoms with Crippen molar-refractivity contribution in [2.45, 2.75) is 31.8 Å². The molecule has 0 spiro atoms. The van der Waals surface area contributed by atoms with Gasteiger partial charge in [0.15, 0.2) is 0 Å². The molecule has 0 bridgehead atoms. The minimum atomic E-state index is -0.485. The number of nitrogens with two attached hydrogens (primary N) is 1. The van der Waals surface area contributed by atoms with Crippen LogP contribution in [0.2, 0.25) is 10.0 Å². The summed E-state index contributed by atoms with van der Waals surface area (Å²) in [6.07, 6.45) is 1.93. The number of piperidine rings is 1. The highest BCUT2D eigenvalue weighted by atomic mass is 35.5. The minimum Gasteiger partial charge on any atom is -0.366 e. The molecule has 31 heavy (non-hydrogen) atoms. The second-order valence-electron chi connectivity index (χ2n) is 8.09. The molecule has 1 aliphatic rings. The molecule has 8 heteroatoms. The van der Waals surface area contributed by atoms with Crippen molar-refractivity contribution in [1.82, 2.24) is 15.1 Å². The topological polar surface area (TPSA) is 78.7 Å². The first-order valence-electron chi connectivity index (χ1n) is 10.3. The average Bonchev–Trinajstić information content (AvgIpc) is 2.75. The molecule has 166 valence electrons. The number of likely N-dealkylation sites (tertiary alicyclic amines) is 1. The lowest BCUT2D eigenvalue weighted by Gasteiger charge is -2.35. The van der Waals surface area contributed by atoms with Crippen LogP contribution in [0, 0.1) is 0 Å². The molecule has 1 saturated heterocycles. The normalized spacial score (nSPS) is 16.0. The van der Waals surface area contributed by atoms with E-state index >= 15 is 0 Å². The summed E-state index contributed by atoms with van der Waals surface area (Å²) in [7, 11) is 3.94. The summed E-state index contributed by atoms with van der Waals surface area (Å²) in [6.45, 7) is 3.86. The molecule has 0 radical (unpaired) electrons. The first-order valence-corrected chi connectivity index (χ1v) is 11.0. The second-order valence-corrected chi connectivity index (χ2v) is 8.84. The van der Waals surface area contributed by atoms with Gasteiger partial charge in [0.05, 0.1) is 16.1 Å². The number of primary amides is 1. The number of nitrogens with one attached hydrogen (secondary N) is 1. The van der Waals surface area contributed by atoms with Crippen LogP contribution in [0.4, 0.5) is 4.79 Å². The molecule has 1 fully saturated rings. The first-order chi connectivity index (χ1) is 14.7. The van der Waals surface area contributed by atoms with Crippen molar-refractivity contribution in [3.63, 3.8) is 0 Å². The van der Waals surface area contributed by atoms with Crippen LogP contribution in [-0.2, 0) is 0 Å². The van der Waals surface area contributed by atoms with Gasteiger partial charge in [-0.15, -0.1) is 0 Å². The average molecular weight is 463 g/mol. The molecule has 2 aromatic carbocycles. The maximum Gasteiger partial charge on any atom is 0.317 e. The fraction of sp³-hybridized carbons (Fsp3) is 0.391. The van der Waals surface area contributed by atoms with Gasteiger partial charge in [-0.25, -0.2) is 4.79 Å². The van der Waals surface area contributed by atoms with Gasteiger partial charge in [0.1, 0.15) is 0 Å². The van der Waals surface area contributed by atoms with Gasteiger partial charge >= 0.3 is 6.03 Å². The smallest absolute Gasteiger partial charge is 0.317 e. The molecule has 1 heterocycles. The van der Waals surface area contributed by atoms with E-state index in [1.807, 2.05) is 26.1 Å². The van der Waals surface area contributed by atoms with E-state index in [0.717, 1.165) is 42.6 Å². The molecule has 2 aromatic rings. The third-order valence-electron chi connectivity index (χ3n) is 5.96. The molecule has 3 amide bonds. The SMILES string of the molecule is CC(NC(=O)N(C)C1CCN(C)CC1)c1ccc(-c2ccc(C(N)=O)cc2)c(Cl)c1Cl. The largest absolute Gasteiger partial charge is 0.366 e. The Morgan fingerprint density at radius 3 is 2.29 bits per heavy atom. The van der Waals surface area contributed by atoms with Crippen LogP contribution < -0.4 is 11.1 Å². The lowest BCUT2D eigenvalue weighted by Crippen LogP contribution is -2.48. The third kappa shape index (κ3) is 5.32. The number of urea groups is 1. The summed E-state index contributed by atoms with van der Waals surface area (Å²) in [4.78, 5) is 28.1. The molecular weight excluding hydrogens is 435 g/mol. The van der Waals surface area contributed by atoms with Gasteiger partial charge in [0.2, 0.25) is 5.91 Å². The van der Waals surface area contributed by atoms with Gasteiger partial charge in [-0.3, -0.25) is 4.79 Å². The summed E-state index contributed by atoms with van der Waals surface area (Å²) < 4.78 is 0. The Balaban J connectivity index is 1.73. The molecule has 0 aliphatic carbocycles. The fourth-order valence-electron chi connectivity index (χ4n) is 3.85. The number of nitrogens with zero attached hydrogens (tertiary/aromatic N) is 2. The molecule has 1 aliphatic heterocycles. The van der Waals surface area contributed by atoms with E-state index in [2.05, 4.69) is 17.3 Å². The van der Waals surface area contributed by atoms with E-state index < -0.39 is 5.91 Å². The molecular formula is C23H28Cl2N4O2. The number of hydrogen-bond acceptors (Lipinski definition) is 3. The minimum absolute atomic E-state index is 0.125. The molecule has 3 N–H and O–H groups in total. The highest BCUT2D eigenvalue weighted by molar-refractivity contribution is 6.44. The number of carbonyl (C=O) groups is 2. The van der Waals surface area contributed by atoms with E-state index in [0.29, 0.717) is 15.6 Å². The van der Waals surface area contributed by atoms with Crippen LogP contribution >= 0.6 is 23.2 Å². The molecule has 6 nitrogen and oxygen atoms in total. The van der Waals surface area contributed by atoms with E-state index in [1.165, 1.54) is 0 Å². The van der Waals surface area contributed by atoms with Gasteiger partial charge in [-0.1, -0.05) is 47.5 Å². The lowest BCUT2D eigenvalue weighted by molar-refractivity contribution is 0.1000. The first kappa shape index (κ1) is 23.4. The van der Waals surface area contributed by atoms with Crippen LogP contribution in [0.5, 0.6) is 0 Å². The Kier molecular flexibility index (Phi) is 7.46. The Bertz CT molecular complexity index is 957. The van der Waals surface area contributed by atoms with Gasteiger partial charge in [-0.05, 0) is 63.2 Å². The maximum absolute atomic E-state index is 12.8. The second kappa shape index (κ2) is 9.90. The highest BCUT2D eigenvalue weighted by Gasteiger charge is 2.25. The van der Waals surface area contributed by atoms with Crippen molar-refractivity contribution >= 4 is 35.1 Å². The standard InChI is InChI=1S/C23H28Cl2N4O2/c1-14(27-23(31)29(3)17-10-12-28(2)13-11-17)18-8-9-19(21(25)20(18)24)15-4-6-16(7-5-15)22(26)30/h4-9,14,17H,10-13H2,1-3H3,(H2,26,30)(H,27,31). The zero-order chi connectivity index (χ0) is 22.7. The molecule has 1 atom stereocenters. The zero-order valence-electron chi connectivity index (χ0n) is 18.0. The molecule has 0 saturated carbocycles. The highest BCUT2D eigenvalue weighted by Crippen LogP contribution is 2.38. The van der Waals surface area contributed by atoms with Gasteiger partial charge in [0.25, 0.3) is 0 Å². The number of carbonyl (C=O) groups excluding carboxylic acids is 2. The Morgan fingerprint density at radius 1 is 1.10 bits per heavy atom. The van der Waals surface area contributed by atoms with Crippen LogP contribution in [-0.4, -0.2) is 55.0 Å². The van der Waals surface area contributed by atoms with Gasteiger partial charge in [0, 0.05) is 24.2 Å². The number of halogens is 2. The summed E-state index contributed by atoms with van der Waals surface area (Å²) in [5.74, 6) is -0.485. The van der Waals surface area contributed by atoms with Gasteiger partial charge < -0.3 is 20.9 Å². The quantitative estimate of drug-likeness (QED) is 0.683. The zero-order valence-corrected chi connectivity index (χ0v) is 19.5. The van der Waals surface area contributed by atoms with Crippen molar-refractivity contribution in [2.24, 2.45) is 5.73 Å². The van der Waals surface area contributed by atoms with E-state index in [-0.39, 0.29) is 18.1 Å². The summed E-state index contributed by atoms with van der Waals surface area (Å²) in [6, 6.07) is 10.4. The fourth-order valence-corrected chi connectivity index (χ4v) is 4.46. The Labute approximate surface area is 193 Å². The van der Waals surface area contributed by atoms with Crippen molar-refractivity contribution in [3.05, 3.63) is 57.6 Å². The lowest BCUT2D eigenvalue weighted by atomic mass is 10.00. The number of hydrogen-bond donors (Lipinski definition) is 2. The molecule has 0 aromatic heterocycles. The summed E-state index contributed by atoms with van der Waals surface area (Å²) in [5, 5.41) is 3.83. The summed E-state index contributed by atoms with van der Waals surface area (Å²) >= 11 is 13.1. The Morgan fingerprint density at radius 2 is 1.71 bits per heavy atom. The van der Waals surface area contributed by atoms with Crippen molar-refractivity contribution in [2.75, 3.05) is 27.2 Å². The third-order valence-corrected chi connectivity index (χ3v) is 6.85. The molecule has 3 rings (SSSR count). The van der Waals surface area contributed by atoms with E-state index in [4.69, 9.17) is 28.9 Å². The predicted molar refractivity (Wildman–Crippen MR) is 126 cm³/mol. The monoisotopic (exact) mass is 462 g/mol. The van der Waals surface area contributed by atoms with Gasteiger partial charge in [-0.2, -0.15) is 0 Å². The van der Waals surface area contributed by atoms with E-state index in [1.54, 1.807) is 29.2 Å². The van der Waals surface area contributed by atoms with Crippen molar-refractivity contribution in [1.29, 1.82) is 0 Å². The number of benzene rings is 2. The van der Waals surface area contributed by atoms with Crippen LogP contribution in [0.1, 0.15) is 41.7 Å². The Hall–Kier alpha value is -2.28. The number of amides is 3. The maximum atomic E-state index is 12.8. The van der Waals surface area contributed by atoms with E-state index in [9.17, 15) is 9.59 Å². The van der Waals surface area contributed by atoms with Crippen molar-refractivity contribution in [3.8, 4) is 11.1 Å². The molecule has 1 unspecified atom stereocenters.